The van der Waals surface area contributed by atoms with Crippen LogP contribution in [0.2, 0.25) is 0 Å². The Balaban J connectivity index is 2.12. The lowest BCUT2D eigenvalue weighted by Crippen LogP contribution is -2.44. The first-order valence-corrected chi connectivity index (χ1v) is 8.03. The number of alkyl halides is 1. The monoisotopic (exact) mass is 313 g/mol. The van der Waals surface area contributed by atoms with Gasteiger partial charge < -0.3 is 4.90 Å². The van der Waals surface area contributed by atoms with Crippen LogP contribution in [0.5, 0.6) is 0 Å². The summed E-state index contributed by atoms with van der Waals surface area (Å²) in [6.07, 6.45) is 0. The molecule has 1 fully saturated rings. The van der Waals surface area contributed by atoms with Crippen LogP contribution in [-0.2, 0) is 5.33 Å². The number of nitrogens with zero attached hydrogens (tertiary/aromatic N) is 1. The highest BCUT2D eigenvalue weighted by molar-refractivity contribution is 9.08. The van der Waals surface area contributed by atoms with E-state index in [1.807, 2.05) is 40.9 Å². The molecule has 0 saturated carbocycles. The maximum Gasteiger partial charge on any atom is 0.254 e. The quantitative estimate of drug-likeness (QED) is 0.782. The summed E-state index contributed by atoms with van der Waals surface area (Å²) in [6, 6.07) is 8.20. The van der Waals surface area contributed by atoms with Gasteiger partial charge >= 0.3 is 0 Å². The summed E-state index contributed by atoms with van der Waals surface area (Å²) in [5.74, 6) is 2.26. The van der Waals surface area contributed by atoms with Gasteiger partial charge in [-0.3, -0.25) is 4.79 Å². The number of carbonyl (C=O) groups excluding carboxylic acids is 1. The van der Waals surface area contributed by atoms with E-state index in [-0.39, 0.29) is 5.91 Å². The van der Waals surface area contributed by atoms with E-state index in [0.29, 0.717) is 6.04 Å². The van der Waals surface area contributed by atoms with Crippen LogP contribution in [-0.4, -0.2) is 34.9 Å². The van der Waals surface area contributed by atoms with Crippen LogP contribution in [0.4, 0.5) is 0 Å². The molecule has 1 amide bonds. The van der Waals surface area contributed by atoms with E-state index in [1.165, 1.54) is 5.56 Å². The lowest BCUT2D eigenvalue weighted by atomic mass is 10.1. The van der Waals surface area contributed by atoms with Crippen molar-refractivity contribution < 1.29 is 4.79 Å². The Morgan fingerprint density at radius 2 is 2.18 bits per heavy atom. The molecular formula is C13H16BrNOS. The topological polar surface area (TPSA) is 20.3 Å². The second-order valence-corrected chi connectivity index (χ2v) is 5.96. The molecule has 0 aromatic heterocycles. The minimum absolute atomic E-state index is 0.166. The smallest absolute Gasteiger partial charge is 0.254 e. The van der Waals surface area contributed by atoms with Crippen molar-refractivity contribution >= 4 is 33.6 Å². The summed E-state index contributed by atoms with van der Waals surface area (Å²) >= 11 is 5.33. The molecule has 1 saturated heterocycles. The van der Waals surface area contributed by atoms with Crippen LogP contribution in [0.25, 0.3) is 0 Å². The normalized spacial score (nSPS) is 20.4. The molecule has 2 nitrogen and oxygen atoms in total. The van der Waals surface area contributed by atoms with Crippen LogP contribution in [0, 0.1) is 0 Å². The fourth-order valence-corrected chi connectivity index (χ4v) is 3.32. The third kappa shape index (κ3) is 3.05. The number of hydrogen-bond donors (Lipinski definition) is 0. The summed E-state index contributed by atoms with van der Waals surface area (Å²) in [6.45, 7) is 2.99. The number of thioether (sulfide) groups is 1. The lowest BCUT2D eigenvalue weighted by molar-refractivity contribution is 0.0716. The highest BCUT2D eigenvalue weighted by Crippen LogP contribution is 2.19. The summed E-state index contributed by atoms with van der Waals surface area (Å²) in [5.41, 5.74) is 2.00. The van der Waals surface area contributed by atoms with Crippen LogP contribution >= 0.6 is 27.7 Å². The zero-order valence-corrected chi connectivity index (χ0v) is 12.3. The van der Waals surface area contributed by atoms with Gasteiger partial charge in [0.25, 0.3) is 5.91 Å². The zero-order chi connectivity index (χ0) is 12.3. The van der Waals surface area contributed by atoms with Gasteiger partial charge in [0.15, 0.2) is 0 Å². The van der Waals surface area contributed by atoms with Crippen LogP contribution in [0.1, 0.15) is 22.8 Å². The van der Waals surface area contributed by atoms with Crippen molar-refractivity contribution in [1.82, 2.24) is 4.90 Å². The van der Waals surface area contributed by atoms with E-state index >= 15 is 0 Å². The van der Waals surface area contributed by atoms with Gasteiger partial charge in [0.05, 0.1) is 0 Å². The molecule has 0 N–H and O–H groups in total. The molecule has 1 heterocycles. The fourth-order valence-electron chi connectivity index (χ4n) is 1.93. The van der Waals surface area contributed by atoms with Crippen molar-refractivity contribution in [2.45, 2.75) is 18.3 Å². The van der Waals surface area contributed by atoms with E-state index in [2.05, 4.69) is 22.9 Å². The van der Waals surface area contributed by atoms with Crippen molar-refractivity contribution in [1.29, 1.82) is 0 Å². The summed E-state index contributed by atoms with van der Waals surface area (Å²) in [5, 5.41) is 0.832. The van der Waals surface area contributed by atoms with Crippen molar-refractivity contribution in [3.8, 4) is 0 Å². The van der Waals surface area contributed by atoms with E-state index in [4.69, 9.17) is 0 Å². The molecule has 0 spiro atoms. The summed E-state index contributed by atoms with van der Waals surface area (Å²) in [4.78, 5) is 14.3. The Morgan fingerprint density at radius 3 is 2.76 bits per heavy atom. The summed E-state index contributed by atoms with van der Waals surface area (Å²) in [7, 11) is 0. The first kappa shape index (κ1) is 13.0. The first-order valence-electron chi connectivity index (χ1n) is 5.76. The average Bonchev–Trinajstić information content (AvgIpc) is 2.39. The number of carbonyl (C=O) groups is 1. The molecule has 4 heteroatoms. The molecule has 92 valence electrons. The van der Waals surface area contributed by atoms with Gasteiger partial charge in [-0.05, 0) is 24.6 Å². The molecule has 1 unspecified atom stereocenters. The molecule has 1 atom stereocenters. The minimum atomic E-state index is 0.166. The maximum atomic E-state index is 12.3. The molecule has 2 rings (SSSR count). The number of hydrogen-bond acceptors (Lipinski definition) is 2. The Bertz CT molecular complexity index is 393. The lowest BCUT2D eigenvalue weighted by Gasteiger charge is -2.33. The highest BCUT2D eigenvalue weighted by atomic mass is 79.9. The molecule has 17 heavy (non-hydrogen) atoms. The molecule has 1 aromatic rings. The van der Waals surface area contributed by atoms with Gasteiger partial charge in [0.1, 0.15) is 0 Å². The van der Waals surface area contributed by atoms with E-state index in [1.54, 1.807) is 0 Å². The van der Waals surface area contributed by atoms with E-state index in [9.17, 15) is 4.79 Å². The Morgan fingerprint density at radius 1 is 1.47 bits per heavy atom. The minimum Gasteiger partial charge on any atom is -0.334 e. The number of benzene rings is 1. The molecule has 1 aliphatic rings. The second kappa shape index (κ2) is 5.91. The Labute approximate surface area is 115 Å². The van der Waals surface area contributed by atoms with E-state index < -0.39 is 0 Å². The van der Waals surface area contributed by atoms with Crippen LogP contribution in [0.3, 0.4) is 0 Å². The third-order valence-corrected chi connectivity index (χ3v) is 4.82. The molecule has 0 aliphatic carbocycles. The first-order chi connectivity index (χ1) is 8.22. The zero-order valence-electron chi connectivity index (χ0n) is 9.86. The van der Waals surface area contributed by atoms with Crippen molar-refractivity contribution in [3.63, 3.8) is 0 Å². The predicted molar refractivity (Wildman–Crippen MR) is 76.9 cm³/mol. The van der Waals surface area contributed by atoms with Crippen molar-refractivity contribution in [3.05, 3.63) is 35.4 Å². The van der Waals surface area contributed by atoms with Gasteiger partial charge in [-0.15, -0.1) is 0 Å². The number of rotatable bonds is 2. The summed E-state index contributed by atoms with van der Waals surface area (Å²) < 4.78 is 0. The standard InChI is InChI=1S/C13H16BrNOS/c1-10-9-17-7-6-15(10)13(16)12-4-2-11(8-14)3-5-12/h2-5,10H,6-9H2,1H3. The largest absolute Gasteiger partial charge is 0.334 e. The average molecular weight is 314 g/mol. The Kier molecular flexibility index (Phi) is 4.51. The SMILES string of the molecule is CC1CSCCN1C(=O)c1ccc(CBr)cc1. The van der Waals surface area contributed by atoms with Crippen LogP contribution in [0.15, 0.2) is 24.3 Å². The number of halogens is 1. The van der Waals surface area contributed by atoms with E-state index in [0.717, 1.165) is 28.9 Å². The predicted octanol–water partition coefficient (Wildman–Crippen LogP) is 3.16. The fraction of sp³-hybridized carbons (Fsp3) is 0.462. The highest BCUT2D eigenvalue weighted by Gasteiger charge is 2.24. The maximum absolute atomic E-state index is 12.3. The van der Waals surface area contributed by atoms with Crippen LogP contribution < -0.4 is 0 Å². The second-order valence-electron chi connectivity index (χ2n) is 4.25. The molecule has 0 bridgehead atoms. The van der Waals surface area contributed by atoms with Gasteiger partial charge in [0, 0.05) is 35.0 Å². The van der Waals surface area contributed by atoms with Gasteiger partial charge in [-0.25, -0.2) is 0 Å². The molecule has 1 aromatic carbocycles. The molecule has 0 radical (unpaired) electrons. The number of amides is 1. The molecule has 1 aliphatic heterocycles. The van der Waals surface area contributed by atoms with Gasteiger partial charge in [-0.1, -0.05) is 28.1 Å². The molecular weight excluding hydrogens is 298 g/mol. The third-order valence-electron chi connectivity index (χ3n) is 2.98. The van der Waals surface area contributed by atoms with Gasteiger partial charge in [-0.2, -0.15) is 11.8 Å². The van der Waals surface area contributed by atoms with Crippen molar-refractivity contribution in [2.75, 3.05) is 18.1 Å². The Hall–Kier alpha value is -0.480. The van der Waals surface area contributed by atoms with Crippen molar-refractivity contribution in [2.24, 2.45) is 0 Å². The van der Waals surface area contributed by atoms with Gasteiger partial charge in [0.2, 0.25) is 0 Å².